The van der Waals surface area contributed by atoms with Crippen LogP contribution in [0, 0.1) is 17.0 Å². The third-order valence-electron chi connectivity index (χ3n) is 4.40. The number of phenols is 1. The highest BCUT2D eigenvalue weighted by Gasteiger charge is 2.15. The van der Waals surface area contributed by atoms with E-state index in [1.807, 2.05) is 19.1 Å². The van der Waals surface area contributed by atoms with Crippen LogP contribution in [0.4, 0.5) is 11.4 Å². The standard InChI is InChI=1S/C22H18N4O5/c1-14-6-2-3-7-17(14)21(28)24-19-9-5-4-8-18(19)22(29)25-23-13-15-12-16(26(30)31)10-11-20(15)27/h2-13,27H,1H3,(H,24,28)(H,25,29)/b23-13-. The summed E-state index contributed by atoms with van der Waals surface area (Å²) in [6.45, 7) is 1.81. The van der Waals surface area contributed by atoms with Crippen LogP contribution in [0.2, 0.25) is 0 Å². The van der Waals surface area contributed by atoms with Gasteiger partial charge >= 0.3 is 0 Å². The molecule has 0 aliphatic rings. The predicted molar refractivity (Wildman–Crippen MR) is 115 cm³/mol. The topological polar surface area (TPSA) is 134 Å². The molecule has 156 valence electrons. The Morgan fingerprint density at radius 1 is 1.00 bits per heavy atom. The van der Waals surface area contributed by atoms with Gasteiger partial charge in [0.05, 0.1) is 22.4 Å². The summed E-state index contributed by atoms with van der Waals surface area (Å²) in [5.41, 5.74) is 3.87. The Kier molecular flexibility index (Phi) is 6.36. The fourth-order valence-electron chi connectivity index (χ4n) is 2.79. The molecule has 0 bridgehead atoms. The average Bonchev–Trinajstić information content (AvgIpc) is 2.75. The number of carbonyl (C=O) groups excluding carboxylic acids is 2. The second kappa shape index (κ2) is 9.31. The molecule has 31 heavy (non-hydrogen) atoms. The van der Waals surface area contributed by atoms with Crippen LogP contribution in [0.3, 0.4) is 0 Å². The van der Waals surface area contributed by atoms with Gasteiger partial charge in [-0.15, -0.1) is 0 Å². The maximum Gasteiger partial charge on any atom is 0.273 e. The summed E-state index contributed by atoms with van der Waals surface area (Å²) in [5, 5.41) is 27.1. The summed E-state index contributed by atoms with van der Waals surface area (Å²) in [5.74, 6) is -1.19. The summed E-state index contributed by atoms with van der Waals surface area (Å²) in [4.78, 5) is 35.4. The van der Waals surface area contributed by atoms with E-state index in [9.17, 15) is 24.8 Å². The summed E-state index contributed by atoms with van der Waals surface area (Å²) in [7, 11) is 0. The van der Waals surface area contributed by atoms with E-state index in [4.69, 9.17) is 0 Å². The molecule has 0 unspecified atom stereocenters. The van der Waals surface area contributed by atoms with E-state index in [1.165, 1.54) is 6.07 Å². The van der Waals surface area contributed by atoms with Crippen LogP contribution in [0.1, 0.15) is 31.8 Å². The number of aromatic hydroxyl groups is 1. The van der Waals surface area contributed by atoms with E-state index in [1.54, 1.807) is 30.3 Å². The maximum absolute atomic E-state index is 12.6. The van der Waals surface area contributed by atoms with E-state index in [2.05, 4.69) is 15.8 Å². The number of nitrogens with one attached hydrogen (secondary N) is 2. The van der Waals surface area contributed by atoms with Crippen LogP contribution >= 0.6 is 0 Å². The third-order valence-corrected chi connectivity index (χ3v) is 4.40. The first-order valence-corrected chi connectivity index (χ1v) is 9.13. The largest absolute Gasteiger partial charge is 0.507 e. The van der Waals surface area contributed by atoms with E-state index in [0.29, 0.717) is 11.3 Å². The molecule has 0 heterocycles. The number of hydrazone groups is 1. The van der Waals surface area contributed by atoms with Gasteiger partial charge < -0.3 is 10.4 Å². The number of nitro groups is 1. The molecule has 9 heteroatoms. The van der Waals surface area contributed by atoms with Crippen molar-refractivity contribution in [2.24, 2.45) is 5.10 Å². The van der Waals surface area contributed by atoms with Crippen LogP contribution in [0.15, 0.2) is 71.8 Å². The molecule has 0 saturated heterocycles. The molecule has 0 aliphatic heterocycles. The van der Waals surface area contributed by atoms with E-state index >= 15 is 0 Å². The molecule has 0 saturated carbocycles. The fourth-order valence-corrected chi connectivity index (χ4v) is 2.79. The highest BCUT2D eigenvalue weighted by Crippen LogP contribution is 2.21. The van der Waals surface area contributed by atoms with E-state index in [0.717, 1.165) is 30.0 Å². The second-order valence-corrected chi connectivity index (χ2v) is 6.51. The first-order valence-electron chi connectivity index (χ1n) is 9.13. The second-order valence-electron chi connectivity index (χ2n) is 6.51. The lowest BCUT2D eigenvalue weighted by Gasteiger charge is -2.11. The molecule has 0 spiro atoms. The van der Waals surface area contributed by atoms with Crippen LogP contribution in [0.25, 0.3) is 0 Å². The van der Waals surface area contributed by atoms with Crippen molar-refractivity contribution in [3.63, 3.8) is 0 Å². The Bertz CT molecular complexity index is 1190. The maximum atomic E-state index is 12.6. The summed E-state index contributed by atoms with van der Waals surface area (Å²) < 4.78 is 0. The molecule has 3 N–H and O–H groups in total. The number of nitrogens with zero attached hydrogens (tertiary/aromatic N) is 2. The molecular weight excluding hydrogens is 400 g/mol. The van der Waals surface area contributed by atoms with Gasteiger partial charge in [0.15, 0.2) is 0 Å². The number of amides is 2. The molecule has 2 amide bonds. The summed E-state index contributed by atoms with van der Waals surface area (Å²) >= 11 is 0. The molecule has 3 aromatic rings. The zero-order valence-electron chi connectivity index (χ0n) is 16.4. The van der Waals surface area contributed by atoms with Gasteiger partial charge in [-0.2, -0.15) is 5.10 Å². The Morgan fingerprint density at radius 2 is 1.68 bits per heavy atom. The quantitative estimate of drug-likeness (QED) is 0.319. The van der Waals surface area contributed by atoms with Crippen molar-refractivity contribution < 1.29 is 19.6 Å². The summed E-state index contributed by atoms with van der Waals surface area (Å²) in [6, 6.07) is 16.9. The number of carbonyl (C=O) groups is 2. The SMILES string of the molecule is Cc1ccccc1C(=O)Nc1ccccc1C(=O)N/N=C\c1cc([N+](=O)[O-])ccc1O. The average molecular weight is 418 g/mol. The zero-order valence-corrected chi connectivity index (χ0v) is 16.4. The van der Waals surface area contributed by atoms with Crippen molar-refractivity contribution in [1.29, 1.82) is 0 Å². The van der Waals surface area contributed by atoms with Crippen molar-refractivity contribution in [3.05, 3.63) is 99.1 Å². The molecule has 0 fully saturated rings. The first-order chi connectivity index (χ1) is 14.9. The van der Waals surface area contributed by atoms with Crippen molar-refractivity contribution >= 4 is 29.4 Å². The smallest absolute Gasteiger partial charge is 0.273 e. The summed E-state index contributed by atoms with van der Waals surface area (Å²) in [6.07, 6.45) is 1.09. The van der Waals surface area contributed by atoms with Crippen LogP contribution in [-0.2, 0) is 0 Å². The molecule has 3 aromatic carbocycles. The van der Waals surface area contributed by atoms with Crippen molar-refractivity contribution in [1.82, 2.24) is 5.43 Å². The lowest BCUT2D eigenvalue weighted by Crippen LogP contribution is -2.21. The minimum absolute atomic E-state index is 0.0654. The van der Waals surface area contributed by atoms with Gasteiger partial charge in [0.25, 0.3) is 17.5 Å². The Morgan fingerprint density at radius 3 is 2.39 bits per heavy atom. The highest BCUT2D eigenvalue weighted by molar-refractivity contribution is 6.09. The Labute approximate surface area is 177 Å². The first kappa shape index (κ1) is 21.2. The number of non-ortho nitro benzene ring substituents is 1. The molecule has 0 aromatic heterocycles. The lowest BCUT2D eigenvalue weighted by molar-refractivity contribution is -0.384. The van der Waals surface area contributed by atoms with Gasteiger partial charge in [0.2, 0.25) is 0 Å². The van der Waals surface area contributed by atoms with E-state index < -0.39 is 10.8 Å². The molecular formula is C22H18N4O5. The highest BCUT2D eigenvalue weighted by atomic mass is 16.6. The predicted octanol–water partition coefficient (Wildman–Crippen LogP) is 3.63. The molecule has 9 nitrogen and oxygen atoms in total. The van der Waals surface area contributed by atoms with Gasteiger partial charge in [0.1, 0.15) is 5.75 Å². The minimum Gasteiger partial charge on any atom is -0.507 e. The number of para-hydroxylation sites is 1. The van der Waals surface area contributed by atoms with Gasteiger partial charge in [-0.25, -0.2) is 5.43 Å². The van der Waals surface area contributed by atoms with Gasteiger partial charge in [0, 0.05) is 23.3 Å². The van der Waals surface area contributed by atoms with Gasteiger partial charge in [-0.3, -0.25) is 19.7 Å². The molecule has 3 rings (SSSR count). The zero-order chi connectivity index (χ0) is 22.4. The monoisotopic (exact) mass is 418 g/mol. The Balaban J connectivity index is 1.75. The molecule has 0 atom stereocenters. The number of anilines is 1. The fraction of sp³-hybridized carbons (Fsp3) is 0.0455. The van der Waals surface area contributed by atoms with Crippen molar-refractivity contribution in [2.75, 3.05) is 5.32 Å². The van der Waals surface area contributed by atoms with Crippen LogP contribution < -0.4 is 10.7 Å². The Hall–Kier alpha value is -4.53. The number of hydrogen-bond acceptors (Lipinski definition) is 6. The number of benzene rings is 3. The van der Waals surface area contributed by atoms with Gasteiger partial charge in [-0.05, 0) is 36.8 Å². The van der Waals surface area contributed by atoms with Gasteiger partial charge in [-0.1, -0.05) is 30.3 Å². The van der Waals surface area contributed by atoms with Crippen LogP contribution in [0.5, 0.6) is 5.75 Å². The van der Waals surface area contributed by atoms with Crippen molar-refractivity contribution in [2.45, 2.75) is 6.92 Å². The normalized spacial score (nSPS) is 10.6. The molecule has 0 radical (unpaired) electrons. The minimum atomic E-state index is -0.609. The van der Waals surface area contributed by atoms with Crippen molar-refractivity contribution in [3.8, 4) is 5.75 Å². The number of rotatable bonds is 6. The lowest BCUT2D eigenvalue weighted by atomic mass is 10.1. The van der Waals surface area contributed by atoms with E-state index in [-0.39, 0.29) is 28.5 Å². The third kappa shape index (κ3) is 5.10. The van der Waals surface area contributed by atoms with Crippen LogP contribution in [-0.4, -0.2) is 28.1 Å². The number of phenolic OH excluding ortho intramolecular Hbond substituents is 1. The number of aryl methyl sites for hydroxylation is 1. The molecule has 0 aliphatic carbocycles. The number of nitro benzene ring substituents is 1. The number of hydrogen-bond donors (Lipinski definition) is 3.